The highest BCUT2D eigenvalue weighted by Gasteiger charge is 2.30. The van der Waals surface area contributed by atoms with Gasteiger partial charge in [-0.2, -0.15) is 0 Å². The second-order valence-corrected chi connectivity index (χ2v) is 11.3. The van der Waals surface area contributed by atoms with Crippen molar-refractivity contribution in [3.05, 3.63) is 101 Å². The molecule has 5 rings (SSSR count). The molecule has 0 spiro atoms. The number of carbonyl (C=O) groups is 3. The fourth-order valence-corrected chi connectivity index (χ4v) is 5.58. The van der Waals surface area contributed by atoms with Gasteiger partial charge in [0.15, 0.2) is 0 Å². The Kier molecular flexibility index (Phi) is 10.5. The van der Waals surface area contributed by atoms with Gasteiger partial charge in [0, 0.05) is 50.5 Å². The molecule has 240 valence electrons. The SMILES string of the molecule is COC(=O)C1CCCN1CCCNC(=O)c1c[nH]c(-c2cc(Oc3ccc(CC(=O)Cc4cc(C)ccc4F)c(F)c3)ccn2)c1. The summed E-state index contributed by atoms with van der Waals surface area (Å²) in [6.07, 6.45) is 5.28. The van der Waals surface area contributed by atoms with Crippen molar-refractivity contribution in [1.82, 2.24) is 20.2 Å². The molecule has 9 nitrogen and oxygen atoms in total. The Balaban J connectivity index is 1.13. The van der Waals surface area contributed by atoms with Crippen molar-refractivity contribution in [1.29, 1.82) is 0 Å². The van der Waals surface area contributed by atoms with E-state index in [-0.39, 0.29) is 53.4 Å². The molecule has 1 unspecified atom stereocenters. The topological polar surface area (TPSA) is 114 Å². The largest absolute Gasteiger partial charge is 0.468 e. The maximum absolute atomic E-state index is 14.9. The molecule has 1 aliphatic rings. The number of likely N-dealkylation sites (tertiary alicyclic amines) is 1. The van der Waals surface area contributed by atoms with Gasteiger partial charge in [0.2, 0.25) is 0 Å². The summed E-state index contributed by atoms with van der Waals surface area (Å²) >= 11 is 0. The first-order valence-electron chi connectivity index (χ1n) is 15.2. The number of amides is 1. The molecular formula is C35H36F2N4O5. The fraction of sp³-hybridized carbons (Fsp3) is 0.314. The Labute approximate surface area is 265 Å². The van der Waals surface area contributed by atoms with Gasteiger partial charge in [-0.15, -0.1) is 0 Å². The summed E-state index contributed by atoms with van der Waals surface area (Å²) in [5, 5.41) is 2.91. The number of aryl methyl sites for hydroxylation is 1. The number of esters is 1. The molecule has 0 aliphatic carbocycles. The normalized spacial score (nSPS) is 14.7. The zero-order valence-corrected chi connectivity index (χ0v) is 25.8. The summed E-state index contributed by atoms with van der Waals surface area (Å²) in [6.45, 7) is 3.80. The molecule has 2 aromatic carbocycles. The Bertz CT molecular complexity index is 1720. The van der Waals surface area contributed by atoms with E-state index in [4.69, 9.17) is 9.47 Å². The van der Waals surface area contributed by atoms with Crippen LogP contribution in [0.3, 0.4) is 0 Å². The highest BCUT2D eigenvalue weighted by atomic mass is 19.1. The summed E-state index contributed by atoms with van der Waals surface area (Å²) in [4.78, 5) is 46.7. The molecule has 2 aromatic heterocycles. The predicted molar refractivity (Wildman–Crippen MR) is 168 cm³/mol. The van der Waals surface area contributed by atoms with E-state index in [0.29, 0.717) is 42.2 Å². The van der Waals surface area contributed by atoms with Crippen LogP contribution in [0, 0.1) is 18.6 Å². The van der Waals surface area contributed by atoms with E-state index in [2.05, 4.69) is 20.2 Å². The first kappa shape index (κ1) is 32.5. The third-order valence-electron chi connectivity index (χ3n) is 7.93. The highest BCUT2D eigenvalue weighted by Crippen LogP contribution is 2.27. The van der Waals surface area contributed by atoms with Gasteiger partial charge in [-0.1, -0.05) is 23.8 Å². The molecule has 1 saturated heterocycles. The van der Waals surface area contributed by atoms with E-state index >= 15 is 0 Å². The third kappa shape index (κ3) is 8.22. The number of carbonyl (C=O) groups excluding carboxylic acids is 3. The number of hydrogen-bond acceptors (Lipinski definition) is 7. The van der Waals surface area contributed by atoms with Gasteiger partial charge in [0.05, 0.1) is 24.1 Å². The number of nitrogens with zero attached hydrogens (tertiary/aromatic N) is 2. The minimum atomic E-state index is -0.603. The van der Waals surface area contributed by atoms with Gasteiger partial charge < -0.3 is 19.8 Å². The first-order chi connectivity index (χ1) is 22.2. The number of aromatic nitrogens is 2. The van der Waals surface area contributed by atoms with Crippen molar-refractivity contribution in [3.8, 4) is 22.9 Å². The van der Waals surface area contributed by atoms with Crippen LogP contribution in [0.2, 0.25) is 0 Å². The monoisotopic (exact) mass is 630 g/mol. The van der Waals surface area contributed by atoms with Gasteiger partial charge in [0.1, 0.15) is 35.0 Å². The van der Waals surface area contributed by atoms with Gasteiger partial charge in [-0.25, -0.2) is 8.78 Å². The number of methoxy groups -OCH3 is 1. The van der Waals surface area contributed by atoms with Crippen LogP contribution in [0.15, 0.2) is 67.0 Å². The lowest BCUT2D eigenvalue weighted by molar-refractivity contribution is -0.145. The molecule has 4 aromatic rings. The van der Waals surface area contributed by atoms with Crippen LogP contribution in [0.4, 0.5) is 8.78 Å². The number of aromatic amines is 1. The van der Waals surface area contributed by atoms with Crippen LogP contribution in [-0.2, 0) is 27.2 Å². The number of ketones is 1. The number of H-pyrrole nitrogens is 1. The van der Waals surface area contributed by atoms with Crippen LogP contribution in [-0.4, -0.2) is 65.3 Å². The molecular weight excluding hydrogens is 594 g/mol. The molecule has 1 atom stereocenters. The van der Waals surface area contributed by atoms with Crippen molar-refractivity contribution < 1.29 is 32.6 Å². The molecule has 3 heterocycles. The molecule has 1 aliphatic heterocycles. The zero-order valence-electron chi connectivity index (χ0n) is 25.8. The van der Waals surface area contributed by atoms with E-state index < -0.39 is 11.6 Å². The summed E-state index contributed by atoms with van der Waals surface area (Å²) < 4.78 is 39.7. The lowest BCUT2D eigenvalue weighted by Crippen LogP contribution is -2.38. The van der Waals surface area contributed by atoms with Gasteiger partial charge in [0.25, 0.3) is 5.91 Å². The maximum atomic E-state index is 14.9. The minimum absolute atomic E-state index is 0.120. The minimum Gasteiger partial charge on any atom is -0.468 e. The second kappa shape index (κ2) is 14.9. The number of Topliss-reactive ketones (excluding diaryl/α,β-unsaturated/α-hetero) is 1. The van der Waals surface area contributed by atoms with Crippen molar-refractivity contribution in [2.24, 2.45) is 0 Å². The molecule has 1 fully saturated rings. The van der Waals surface area contributed by atoms with E-state index in [1.165, 1.54) is 25.3 Å². The molecule has 2 N–H and O–H groups in total. The highest BCUT2D eigenvalue weighted by molar-refractivity contribution is 5.95. The summed E-state index contributed by atoms with van der Waals surface area (Å²) in [6, 6.07) is 13.6. The second-order valence-electron chi connectivity index (χ2n) is 11.3. The van der Waals surface area contributed by atoms with E-state index in [9.17, 15) is 23.2 Å². The number of hydrogen-bond donors (Lipinski definition) is 2. The van der Waals surface area contributed by atoms with Crippen molar-refractivity contribution in [3.63, 3.8) is 0 Å². The fourth-order valence-electron chi connectivity index (χ4n) is 5.58. The molecule has 0 radical (unpaired) electrons. The Morgan fingerprint density at radius 3 is 2.61 bits per heavy atom. The zero-order chi connectivity index (χ0) is 32.6. The smallest absolute Gasteiger partial charge is 0.323 e. The number of rotatable bonds is 13. The maximum Gasteiger partial charge on any atom is 0.323 e. The molecule has 46 heavy (non-hydrogen) atoms. The number of ether oxygens (including phenoxy) is 2. The number of halogens is 2. The lowest BCUT2D eigenvalue weighted by atomic mass is 10.0. The summed E-state index contributed by atoms with van der Waals surface area (Å²) in [5.74, 6) is -1.19. The Morgan fingerprint density at radius 1 is 1.00 bits per heavy atom. The predicted octanol–water partition coefficient (Wildman–Crippen LogP) is 5.57. The molecule has 1 amide bonds. The Morgan fingerprint density at radius 2 is 1.80 bits per heavy atom. The average molecular weight is 631 g/mol. The van der Waals surface area contributed by atoms with E-state index in [1.54, 1.807) is 48.8 Å². The first-order valence-corrected chi connectivity index (χ1v) is 15.2. The standard InChI is InChI=1S/C35H36F2N4O5/c1-22-6-9-29(36)24(15-22)17-26(42)16-23-7-8-27(19-30(23)37)46-28-10-12-38-32(20-28)31-18-25(21-40-31)34(43)39-11-4-14-41-13-3-5-33(41)35(44)45-2/h6-10,12,15,18-21,33,40H,3-5,11,13-14,16-17H2,1-2H3,(H,39,43). The number of nitrogens with one attached hydrogen (secondary N) is 2. The van der Waals surface area contributed by atoms with Gasteiger partial charge >= 0.3 is 5.97 Å². The van der Waals surface area contributed by atoms with Crippen LogP contribution in [0.5, 0.6) is 11.5 Å². The van der Waals surface area contributed by atoms with Crippen molar-refractivity contribution in [2.75, 3.05) is 26.7 Å². The lowest BCUT2D eigenvalue weighted by Gasteiger charge is -2.22. The molecule has 0 bridgehead atoms. The van der Waals surface area contributed by atoms with Gasteiger partial charge in [-0.05, 0) is 68.1 Å². The summed E-state index contributed by atoms with van der Waals surface area (Å²) in [7, 11) is 1.40. The number of pyridine rings is 1. The van der Waals surface area contributed by atoms with Crippen molar-refractivity contribution in [2.45, 2.75) is 45.1 Å². The van der Waals surface area contributed by atoms with E-state index in [0.717, 1.165) is 24.9 Å². The third-order valence-corrected chi connectivity index (χ3v) is 7.93. The molecule has 11 heteroatoms. The van der Waals surface area contributed by atoms with Crippen LogP contribution in [0.1, 0.15) is 46.3 Å². The number of benzene rings is 2. The quantitative estimate of drug-likeness (QED) is 0.147. The van der Waals surface area contributed by atoms with Crippen LogP contribution in [0.25, 0.3) is 11.4 Å². The molecule has 0 saturated carbocycles. The van der Waals surface area contributed by atoms with Crippen LogP contribution < -0.4 is 10.1 Å². The Hall–Kier alpha value is -4.90. The van der Waals surface area contributed by atoms with Gasteiger partial charge in [-0.3, -0.25) is 24.3 Å². The van der Waals surface area contributed by atoms with E-state index in [1.807, 2.05) is 6.92 Å². The van der Waals surface area contributed by atoms with Crippen molar-refractivity contribution >= 4 is 17.7 Å². The average Bonchev–Trinajstić information content (AvgIpc) is 3.73. The summed E-state index contributed by atoms with van der Waals surface area (Å²) in [5.41, 5.74) is 2.88. The van der Waals surface area contributed by atoms with Crippen LogP contribution >= 0.6 is 0 Å².